The zero-order chi connectivity index (χ0) is 17.5. The molecule has 8 nitrogen and oxygen atoms in total. The van der Waals surface area contributed by atoms with E-state index in [9.17, 15) is 4.79 Å². The van der Waals surface area contributed by atoms with E-state index in [2.05, 4.69) is 35.5 Å². The molecule has 3 heterocycles. The van der Waals surface area contributed by atoms with E-state index in [4.69, 9.17) is 0 Å². The van der Waals surface area contributed by atoms with E-state index in [-0.39, 0.29) is 5.56 Å². The van der Waals surface area contributed by atoms with Crippen molar-refractivity contribution in [3.05, 3.63) is 63.9 Å². The first-order valence-corrected chi connectivity index (χ1v) is 9.02. The minimum absolute atomic E-state index is 0.144. The van der Waals surface area contributed by atoms with Gasteiger partial charge < -0.3 is 10.3 Å². The van der Waals surface area contributed by atoms with E-state index < -0.39 is 0 Å². The summed E-state index contributed by atoms with van der Waals surface area (Å²) < 4.78 is 0. The fourth-order valence-electron chi connectivity index (χ4n) is 2.22. The lowest BCUT2D eigenvalue weighted by atomic mass is 10.1. The van der Waals surface area contributed by atoms with Gasteiger partial charge in [-0.25, -0.2) is 9.97 Å². The van der Waals surface area contributed by atoms with Gasteiger partial charge in [-0.3, -0.25) is 9.78 Å². The molecule has 3 aromatic rings. The molecule has 0 aliphatic carbocycles. The average molecular weight is 357 g/mol. The van der Waals surface area contributed by atoms with E-state index in [1.807, 2.05) is 13.0 Å². The first-order valence-electron chi connectivity index (χ1n) is 7.86. The van der Waals surface area contributed by atoms with Crippen LogP contribution in [0.25, 0.3) is 0 Å². The predicted molar refractivity (Wildman–Crippen MR) is 97.7 cm³/mol. The minimum atomic E-state index is -0.144. The highest BCUT2D eigenvalue weighted by Crippen LogP contribution is 2.12. The molecule has 0 fully saturated rings. The summed E-state index contributed by atoms with van der Waals surface area (Å²) in [6.07, 6.45) is 7.04. The Labute approximate surface area is 148 Å². The summed E-state index contributed by atoms with van der Waals surface area (Å²) in [7, 11) is 0. The van der Waals surface area contributed by atoms with Crippen LogP contribution in [0.5, 0.6) is 0 Å². The van der Waals surface area contributed by atoms with Gasteiger partial charge in [0.1, 0.15) is 0 Å². The number of rotatable bonds is 8. The van der Waals surface area contributed by atoms with Crippen molar-refractivity contribution in [2.45, 2.75) is 19.1 Å². The Morgan fingerprint density at radius 2 is 2.16 bits per heavy atom. The Kier molecular flexibility index (Phi) is 5.78. The molecular formula is C16H19N7OS. The summed E-state index contributed by atoms with van der Waals surface area (Å²) in [5.41, 5.74) is 3.56. The topological polar surface area (TPSA) is 112 Å². The predicted octanol–water partition coefficient (Wildman–Crippen LogP) is 1.53. The van der Waals surface area contributed by atoms with Crippen LogP contribution < -0.4 is 10.9 Å². The maximum absolute atomic E-state index is 12.1. The number of aromatic amines is 2. The Hall–Kier alpha value is -2.68. The second-order valence-electron chi connectivity index (χ2n) is 5.47. The lowest BCUT2D eigenvalue weighted by molar-refractivity contribution is 0.968. The van der Waals surface area contributed by atoms with Crippen LogP contribution in [0, 0.1) is 6.92 Å². The van der Waals surface area contributed by atoms with Gasteiger partial charge in [0.05, 0.1) is 18.2 Å². The first-order chi connectivity index (χ1) is 12.2. The van der Waals surface area contributed by atoms with Gasteiger partial charge in [-0.05, 0) is 18.6 Å². The molecule has 3 rings (SSSR count). The van der Waals surface area contributed by atoms with E-state index in [0.29, 0.717) is 24.5 Å². The van der Waals surface area contributed by atoms with Gasteiger partial charge in [-0.2, -0.15) is 22.0 Å². The van der Waals surface area contributed by atoms with Crippen molar-refractivity contribution in [1.82, 2.24) is 30.1 Å². The van der Waals surface area contributed by atoms with Crippen molar-refractivity contribution in [2.24, 2.45) is 0 Å². The lowest BCUT2D eigenvalue weighted by Crippen LogP contribution is -2.18. The number of thioether (sulfide) groups is 1. The Bertz CT molecular complexity index is 862. The third-order valence-electron chi connectivity index (χ3n) is 3.63. The number of aryl methyl sites for hydroxylation is 1. The highest BCUT2D eigenvalue weighted by atomic mass is 32.2. The molecule has 0 unspecified atom stereocenters. The van der Waals surface area contributed by atoms with E-state index in [0.717, 1.165) is 28.5 Å². The van der Waals surface area contributed by atoms with Crippen LogP contribution >= 0.6 is 11.8 Å². The number of nitrogens with one attached hydrogen (secondary N) is 3. The standard InChI is InChI=1S/C16H19N7OS/c1-11-14(20-10-19-11)9-25-5-4-17-16-18-8-13(15(24)23-16)6-12-2-3-21-22-7-12/h2-3,7-8,10H,4-6,9H2,1H3,(H,19,20)(H2,17,18,23,24). The normalized spacial score (nSPS) is 10.8. The molecule has 0 bridgehead atoms. The molecule has 0 aliphatic heterocycles. The van der Waals surface area contributed by atoms with Gasteiger partial charge in [-0.15, -0.1) is 0 Å². The van der Waals surface area contributed by atoms with Crippen molar-refractivity contribution in [3.63, 3.8) is 0 Å². The second-order valence-corrected chi connectivity index (χ2v) is 6.57. The van der Waals surface area contributed by atoms with Crippen molar-refractivity contribution >= 4 is 17.7 Å². The van der Waals surface area contributed by atoms with Gasteiger partial charge in [0.25, 0.3) is 5.56 Å². The van der Waals surface area contributed by atoms with Crippen LogP contribution in [0.4, 0.5) is 5.95 Å². The van der Waals surface area contributed by atoms with Gasteiger partial charge in [0.2, 0.25) is 5.95 Å². The van der Waals surface area contributed by atoms with Gasteiger partial charge >= 0.3 is 0 Å². The molecule has 25 heavy (non-hydrogen) atoms. The molecule has 0 atom stereocenters. The van der Waals surface area contributed by atoms with Crippen LogP contribution in [0.1, 0.15) is 22.5 Å². The van der Waals surface area contributed by atoms with E-state index >= 15 is 0 Å². The third kappa shape index (κ3) is 4.90. The Morgan fingerprint density at radius 1 is 1.24 bits per heavy atom. The molecule has 9 heteroatoms. The summed E-state index contributed by atoms with van der Waals surface area (Å²) in [5.74, 6) is 2.23. The summed E-state index contributed by atoms with van der Waals surface area (Å²) >= 11 is 1.78. The molecule has 3 N–H and O–H groups in total. The fraction of sp³-hybridized carbons (Fsp3) is 0.312. The quantitative estimate of drug-likeness (QED) is 0.524. The Morgan fingerprint density at radius 3 is 2.88 bits per heavy atom. The second kappa shape index (κ2) is 8.43. The smallest absolute Gasteiger partial charge is 0.255 e. The number of hydrogen-bond donors (Lipinski definition) is 3. The monoisotopic (exact) mass is 357 g/mol. The van der Waals surface area contributed by atoms with Crippen molar-refractivity contribution in [3.8, 4) is 0 Å². The number of H-pyrrole nitrogens is 2. The molecule has 0 saturated carbocycles. The maximum Gasteiger partial charge on any atom is 0.255 e. The molecular weight excluding hydrogens is 338 g/mol. The summed E-state index contributed by atoms with van der Waals surface area (Å²) in [6, 6.07) is 1.83. The van der Waals surface area contributed by atoms with Gasteiger partial charge in [0.15, 0.2) is 0 Å². The van der Waals surface area contributed by atoms with Crippen LogP contribution in [-0.2, 0) is 12.2 Å². The molecule has 0 radical (unpaired) electrons. The van der Waals surface area contributed by atoms with Crippen LogP contribution in [0.2, 0.25) is 0 Å². The summed E-state index contributed by atoms with van der Waals surface area (Å²) in [5, 5.41) is 10.7. The maximum atomic E-state index is 12.1. The number of anilines is 1. The van der Waals surface area contributed by atoms with E-state index in [1.54, 1.807) is 36.7 Å². The number of hydrogen-bond acceptors (Lipinski definition) is 7. The molecule has 130 valence electrons. The number of aromatic nitrogens is 6. The molecule has 0 spiro atoms. The zero-order valence-electron chi connectivity index (χ0n) is 13.8. The van der Waals surface area contributed by atoms with Crippen molar-refractivity contribution in [2.75, 3.05) is 17.6 Å². The number of imidazole rings is 1. The van der Waals surface area contributed by atoms with Crippen LogP contribution in [0.3, 0.4) is 0 Å². The average Bonchev–Trinajstić information content (AvgIpc) is 3.03. The highest BCUT2D eigenvalue weighted by molar-refractivity contribution is 7.98. The fourth-order valence-corrected chi connectivity index (χ4v) is 3.10. The molecule has 3 aromatic heterocycles. The molecule has 0 aromatic carbocycles. The highest BCUT2D eigenvalue weighted by Gasteiger charge is 2.05. The molecule has 0 aliphatic rings. The third-order valence-corrected chi connectivity index (χ3v) is 4.60. The van der Waals surface area contributed by atoms with Gasteiger partial charge in [-0.1, -0.05) is 0 Å². The SMILES string of the molecule is Cc1[nH]cnc1CSCCNc1ncc(Cc2ccnnc2)c(=O)[nH]1. The number of nitrogens with zero attached hydrogens (tertiary/aromatic N) is 4. The molecule has 0 amide bonds. The first kappa shape index (κ1) is 17.2. The summed E-state index contributed by atoms with van der Waals surface area (Å²) in [4.78, 5) is 26.5. The Balaban J connectivity index is 1.46. The van der Waals surface area contributed by atoms with E-state index in [1.165, 1.54) is 0 Å². The lowest BCUT2D eigenvalue weighted by Gasteiger charge is -2.06. The van der Waals surface area contributed by atoms with Crippen LogP contribution in [0.15, 0.2) is 35.8 Å². The zero-order valence-corrected chi connectivity index (χ0v) is 14.6. The van der Waals surface area contributed by atoms with Gasteiger partial charge in [0, 0.05) is 48.1 Å². The largest absolute Gasteiger partial charge is 0.355 e. The van der Waals surface area contributed by atoms with Crippen molar-refractivity contribution in [1.29, 1.82) is 0 Å². The van der Waals surface area contributed by atoms with Crippen molar-refractivity contribution < 1.29 is 0 Å². The van der Waals surface area contributed by atoms with Crippen LogP contribution in [-0.4, -0.2) is 42.4 Å². The minimum Gasteiger partial charge on any atom is -0.355 e. The summed E-state index contributed by atoms with van der Waals surface area (Å²) in [6.45, 7) is 2.73. The molecule has 0 saturated heterocycles.